The molecule has 3 rings (SSSR count). The van der Waals surface area contributed by atoms with E-state index in [4.69, 9.17) is 0 Å². The standard InChI is InChI=1S/C17H26N4O/c1-2-19-10-4-3-5-16(19)17(22)21-13-11-20(12-14-21)15-6-8-18-9-7-15/h6-9,16H,2-5,10-14H2,1H3. The number of hydrogen-bond donors (Lipinski definition) is 0. The molecule has 2 aliphatic rings. The minimum Gasteiger partial charge on any atom is -0.368 e. The van der Waals surface area contributed by atoms with Gasteiger partial charge in [0.05, 0.1) is 6.04 Å². The first kappa shape index (κ1) is 15.3. The molecule has 0 spiro atoms. The maximum absolute atomic E-state index is 12.8. The van der Waals surface area contributed by atoms with Gasteiger partial charge in [-0.05, 0) is 38.1 Å². The number of piperidine rings is 1. The quantitative estimate of drug-likeness (QED) is 0.850. The number of amides is 1. The molecule has 3 heterocycles. The number of nitrogens with zero attached hydrogens (tertiary/aromatic N) is 4. The van der Waals surface area contributed by atoms with E-state index in [1.807, 2.05) is 24.5 Å². The minimum atomic E-state index is 0.117. The van der Waals surface area contributed by atoms with Gasteiger partial charge in [-0.2, -0.15) is 0 Å². The van der Waals surface area contributed by atoms with Gasteiger partial charge < -0.3 is 9.80 Å². The van der Waals surface area contributed by atoms with Crippen LogP contribution in [0.4, 0.5) is 5.69 Å². The molecule has 0 N–H and O–H groups in total. The largest absolute Gasteiger partial charge is 0.368 e. The average molecular weight is 302 g/mol. The lowest BCUT2D eigenvalue weighted by Crippen LogP contribution is -2.56. The van der Waals surface area contributed by atoms with E-state index in [-0.39, 0.29) is 6.04 Å². The van der Waals surface area contributed by atoms with Crippen LogP contribution in [0.1, 0.15) is 26.2 Å². The molecule has 0 radical (unpaired) electrons. The van der Waals surface area contributed by atoms with Crippen molar-refractivity contribution >= 4 is 11.6 Å². The third-order valence-electron chi connectivity index (χ3n) is 4.92. The molecule has 2 saturated heterocycles. The highest BCUT2D eigenvalue weighted by Gasteiger charge is 2.32. The normalized spacial score (nSPS) is 23.6. The smallest absolute Gasteiger partial charge is 0.240 e. The first-order valence-electron chi connectivity index (χ1n) is 8.47. The van der Waals surface area contributed by atoms with Gasteiger partial charge in [0.25, 0.3) is 0 Å². The minimum absolute atomic E-state index is 0.117. The fourth-order valence-electron chi connectivity index (χ4n) is 3.60. The predicted molar refractivity (Wildman–Crippen MR) is 87.9 cm³/mol. The van der Waals surface area contributed by atoms with Crippen molar-refractivity contribution < 1.29 is 4.79 Å². The molecule has 1 atom stereocenters. The van der Waals surface area contributed by atoms with Gasteiger partial charge in [0.1, 0.15) is 0 Å². The van der Waals surface area contributed by atoms with Crippen molar-refractivity contribution in [2.24, 2.45) is 0 Å². The predicted octanol–water partition coefficient (Wildman–Crippen LogP) is 1.60. The highest BCUT2D eigenvalue weighted by Crippen LogP contribution is 2.20. The fourth-order valence-corrected chi connectivity index (χ4v) is 3.60. The second-order valence-corrected chi connectivity index (χ2v) is 6.16. The number of carbonyl (C=O) groups is 1. The Morgan fingerprint density at radius 1 is 1.14 bits per heavy atom. The molecular formula is C17H26N4O. The van der Waals surface area contributed by atoms with Crippen molar-refractivity contribution in [3.63, 3.8) is 0 Å². The summed E-state index contributed by atoms with van der Waals surface area (Å²) in [6.45, 7) is 7.69. The van der Waals surface area contributed by atoms with Crippen molar-refractivity contribution in [3.8, 4) is 0 Å². The second kappa shape index (κ2) is 7.09. The number of likely N-dealkylation sites (tertiary alicyclic amines) is 1. The van der Waals surface area contributed by atoms with Crippen LogP contribution in [-0.4, -0.2) is 66.0 Å². The van der Waals surface area contributed by atoms with Gasteiger partial charge in [0.2, 0.25) is 5.91 Å². The van der Waals surface area contributed by atoms with E-state index in [1.165, 1.54) is 18.5 Å². The molecule has 5 heteroatoms. The van der Waals surface area contributed by atoms with E-state index < -0.39 is 0 Å². The molecule has 1 aromatic heterocycles. The summed E-state index contributed by atoms with van der Waals surface area (Å²) in [4.78, 5) is 23.6. The average Bonchev–Trinajstić information content (AvgIpc) is 2.62. The van der Waals surface area contributed by atoms with Crippen molar-refractivity contribution in [1.82, 2.24) is 14.8 Å². The molecular weight excluding hydrogens is 276 g/mol. The van der Waals surface area contributed by atoms with E-state index in [0.717, 1.165) is 45.7 Å². The number of pyridine rings is 1. The highest BCUT2D eigenvalue weighted by molar-refractivity contribution is 5.82. The van der Waals surface area contributed by atoms with Crippen LogP contribution >= 0.6 is 0 Å². The molecule has 0 aliphatic carbocycles. The zero-order chi connectivity index (χ0) is 15.4. The monoisotopic (exact) mass is 302 g/mol. The number of piperazine rings is 1. The van der Waals surface area contributed by atoms with E-state index >= 15 is 0 Å². The van der Waals surface area contributed by atoms with Gasteiger partial charge in [0, 0.05) is 44.3 Å². The van der Waals surface area contributed by atoms with Crippen molar-refractivity contribution in [3.05, 3.63) is 24.5 Å². The Balaban J connectivity index is 1.57. The molecule has 0 bridgehead atoms. The molecule has 0 saturated carbocycles. The van der Waals surface area contributed by atoms with Gasteiger partial charge >= 0.3 is 0 Å². The van der Waals surface area contributed by atoms with E-state index in [1.54, 1.807) is 0 Å². The summed E-state index contributed by atoms with van der Waals surface area (Å²) in [5.41, 5.74) is 1.20. The Kier molecular flexibility index (Phi) is 4.93. The lowest BCUT2D eigenvalue weighted by Gasteiger charge is -2.41. The molecule has 1 aromatic rings. The number of anilines is 1. The Morgan fingerprint density at radius 3 is 2.55 bits per heavy atom. The fraction of sp³-hybridized carbons (Fsp3) is 0.647. The molecule has 1 amide bonds. The third-order valence-corrected chi connectivity index (χ3v) is 4.92. The first-order valence-corrected chi connectivity index (χ1v) is 8.47. The summed E-state index contributed by atoms with van der Waals surface area (Å²) in [5, 5.41) is 0. The van der Waals surface area contributed by atoms with Crippen LogP contribution in [0.2, 0.25) is 0 Å². The zero-order valence-corrected chi connectivity index (χ0v) is 13.4. The van der Waals surface area contributed by atoms with Crippen LogP contribution in [0, 0.1) is 0 Å². The summed E-state index contributed by atoms with van der Waals surface area (Å²) >= 11 is 0. The Hall–Kier alpha value is -1.62. The van der Waals surface area contributed by atoms with Crippen LogP contribution in [0.5, 0.6) is 0 Å². The van der Waals surface area contributed by atoms with Crippen LogP contribution in [-0.2, 0) is 4.79 Å². The lowest BCUT2D eigenvalue weighted by atomic mass is 10.0. The van der Waals surface area contributed by atoms with Crippen LogP contribution < -0.4 is 4.90 Å². The van der Waals surface area contributed by atoms with Crippen molar-refractivity contribution in [1.29, 1.82) is 0 Å². The Labute approximate surface area is 132 Å². The van der Waals surface area contributed by atoms with Crippen LogP contribution in [0.3, 0.4) is 0 Å². The number of hydrogen-bond acceptors (Lipinski definition) is 4. The summed E-state index contributed by atoms with van der Waals surface area (Å²) in [5.74, 6) is 0.343. The molecule has 1 unspecified atom stereocenters. The molecule has 5 nitrogen and oxygen atoms in total. The molecule has 2 aliphatic heterocycles. The van der Waals surface area contributed by atoms with Crippen molar-refractivity contribution in [2.45, 2.75) is 32.2 Å². The Morgan fingerprint density at radius 2 is 1.86 bits per heavy atom. The SMILES string of the molecule is CCN1CCCCC1C(=O)N1CCN(c2ccncc2)CC1. The molecule has 2 fully saturated rings. The Bertz CT molecular complexity index is 485. The highest BCUT2D eigenvalue weighted by atomic mass is 16.2. The van der Waals surface area contributed by atoms with Crippen LogP contribution in [0.15, 0.2) is 24.5 Å². The summed E-state index contributed by atoms with van der Waals surface area (Å²) < 4.78 is 0. The molecule has 0 aromatic carbocycles. The van der Waals surface area contributed by atoms with E-state index in [9.17, 15) is 4.79 Å². The number of rotatable bonds is 3. The maximum atomic E-state index is 12.8. The topological polar surface area (TPSA) is 39.7 Å². The van der Waals surface area contributed by atoms with Gasteiger partial charge in [0.15, 0.2) is 0 Å². The number of likely N-dealkylation sites (N-methyl/N-ethyl adjacent to an activating group) is 1. The summed E-state index contributed by atoms with van der Waals surface area (Å²) in [7, 11) is 0. The molecule has 22 heavy (non-hydrogen) atoms. The first-order chi connectivity index (χ1) is 10.8. The van der Waals surface area contributed by atoms with Gasteiger partial charge in [-0.25, -0.2) is 0 Å². The summed E-state index contributed by atoms with van der Waals surface area (Å²) in [6.07, 6.45) is 7.09. The van der Waals surface area contributed by atoms with Gasteiger partial charge in [-0.1, -0.05) is 13.3 Å². The van der Waals surface area contributed by atoms with E-state index in [0.29, 0.717) is 5.91 Å². The summed E-state index contributed by atoms with van der Waals surface area (Å²) in [6, 6.07) is 4.20. The second-order valence-electron chi connectivity index (χ2n) is 6.16. The van der Waals surface area contributed by atoms with Gasteiger partial charge in [-0.3, -0.25) is 14.7 Å². The van der Waals surface area contributed by atoms with E-state index in [2.05, 4.69) is 26.6 Å². The maximum Gasteiger partial charge on any atom is 0.240 e. The molecule has 120 valence electrons. The number of carbonyl (C=O) groups excluding carboxylic acids is 1. The van der Waals surface area contributed by atoms with Gasteiger partial charge in [-0.15, -0.1) is 0 Å². The zero-order valence-electron chi connectivity index (χ0n) is 13.4. The van der Waals surface area contributed by atoms with Crippen LogP contribution in [0.25, 0.3) is 0 Å². The van der Waals surface area contributed by atoms with Crippen molar-refractivity contribution in [2.75, 3.05) is 44.2 Å². The lowest BCUT2D eigenvalue weighted by molar-refractivity contribution is -0.138. The number of aromatic nitrogens is 1. The third kappa shape index (κ3) is 3.24.